The maximum absolute atomic E-state index is 8.63. The van der Waals surface area contributed by atoms with Crippen molar-refractivity contribution < 1.29 is 48.8 Å². The van der Waals surface area contributed by atoms with Gasteiger partial charge in [-0.3, -0.25) is 0 Å². The van der Waals surface area contributed by atoms with Crippen LogP contribution < -0.4 is 14.2 Å². The lowest BCUT2D eigenvalue weighted by Gasteiger charge is -2.01. The molecule has 3 aliphatic rings. The van der Waals surface area contributed by atoms with Gasteiger partial charge >= 0.3 is 0 Å². The Kier molecular flexibility index (Phi) is 54.0. The first-order valence-corrected chi connectivity index (χ1v) is 15.0. The Morgan fingerprint density at radius 1 is 0.365 bits per heavy atom. The lowest BCUT2D eigenvalue weighted by Crippen LogP contribution is -2.00. The Balaban J connectivity index is -0.000000121. The Hall–Kier alpha value is -4.16. The van der Waals surface area contributed by atoms with Crippen LogP contribution in [-0.2, 0) is 14.2 Å². The van der Waals surface area contributed by atoms with Gasteiger partial charge in [0.25, 0.3) is 0 Å². The van der Waals surface area contributed by atoms with E-state index in [1.54, 1.807) is 24.3 Å². The predicted octanol–water partition coefficient (Wildman–Crippen LogP) is 8.43. The number of phenols is 1. The third-order valence-electron chi connectivity index (χ3n) is 4.68. The van der Waals surface area contributed by atoms with E-state index in [1.165, 1.54) is 0 Å². The second kappa shape index (κ2) is 46.8. The van der Waals surface area contributed by atoms with Crippen molar-refractivity contribution in [1.29, 1.82) is 0 Å². The molecule has 4 aromatic rings. The highest BCUT2D eigenvalue weighted by Gasteiger charge is 1.95. The van der Waals surface area contributed by atoms with E-state index in [0.29, 0.717) is 25.6 Å². The quantitative estimate of drug-likeness (QED) is 0.124. The number of phenolic OH excluding ortho intramolecular Hbond substituents is 1. The third kappa shape index (κ3) is 50.2. The summed E-state index contributed by atoms with van der Waals surface area (Å²) in [5.41, 5.74) is 0. The summed E-state index contributed by atoms with van der Waals surface area (Å²) >= 11 is 0. The van der Waals surface area contributed by atoms with Crippen molar-refractivity contribution in [2.45, 2.75) is 44.6 Å². The van der Waals surface area contributed by atoms with Gasteiger partial charge < -0.3 is 48.8 Å². The molecule has 10 heteroatoms. The normalized spacial score (nSPS) is 10.7. The highest BCUT2D eigenvalue weighted by Crippen LogP contribution is 2.08. The smallest absolute Gasteiger partial charge is 0.119 e. The summed E-state index contributed by atoms with van der Waals surface area (Å²) in [6.07, 6.45) is 0. The molecule has 300 valence electrons. The third-order valence-corrected chi connectivity index (χ3v) is 4.68. The van der Waals surface area contributed by atoms with E-state index in [4.69, 9.17) is 34.6 Å². The fourth-order valence-corrected chi connectivity index (χ4v) is 2.47. The average molecular weight is 737 g/mol. The van der Waals surface area contributed by atoms with Crippen LogP contribution in [0.5, 0.6) is 23.0 Å². The number of aliphatic hydroxyl groups excluding tert-OH is 3. The molecule has 0 amide bonds. The molecule has 3 heterocycles. The summed E-state index contributed by atoms with van der Waals surface area (Å²) in [6.45, 7) is 7.29. The molecule has 0 aromatic heterocycles. The molecule has 0 bridgehead atoms. The summed E-state index contributed by atoms with van der Waals surface area (Å²) in [5, 5.41) is 33.8. The number of aliphatic hydroxyl groups is 3. The Labute approximate surface area is 316 Å². The molecular weight excluding hydrogens is 664 g/mol. The molecule has 3 aliphatic heterocycles. The molecule has 0 aliphatic carbocycles. The highest BCUT2D eigenvalue weighted by molar-refractivity contribution is 5.22. The number of para-hydroxylation sites is 4. The van der Waals surface area contributed by atoms with Gasteiger partial charge in [-0.1, -0.05) is 117 Å². The summed E-state index contributed by atoms with van der Waals surface area (Å²) in [7, 11) is 0. The minimum absolute atomic E-state index is 0. The fourth-order valence-electron chi connectivity index (χ4n) is 2.47. The van der Waals surface area contributed by atoms with Crippen molar-refractivity contribution in [3.8, 4) is 23.0 Å². The minimum Gasteiger partial charge on any atom is -0.508 e. The summed E-state index contributed by atoms with van der Waals surface area (Å²) in [4.78, 5) is 0. The van der Waals surface area contributed by atoms with E-state index in [1.807, 2.05) is 97.1 Å². The monoisotopic (exact) mass is 737 g/mol. The molecular formula is C42H72O10. The first kappa shape index (κ1) is 60.0. The molecule has 0 spiro atoms. The van der Waals surface area contributed by atoms with Crippen LogP contribution in [0.25, 0.3) is 0 Å². The highest BCUT2D eigenvalue weighted by atomic mass is 16.6. The second-order valence-electron chi connectivity index (χ2n) is 8.83. The van der Waals surface area contributed by atoms with Gasteiger partial charge in [0.1, 0.15) is 42.8 Å². The van der Waals surface area contributed by atoms with Gasteiger partial charge in [0.05, 0.1) is 59.5 Å². The summed E-state index contributed by atoms with van der Waals surface area (Å²) in [6, 6.07) is 37.0. The molecule has 52 heavy (non-hydrogen) atoms. The van der Waals surface area contributed by atoms with Crippen LogP contribution >= 0.6 is 0 Å². The molecule has 4 N–H and O–H groups in total. The van der Waals surface area contributed by atoms with Crippen LogP contribution in [0.15, 0.2) is 121 Å². The zero-order chi connectivity index (χ0) is 33.2. The molecule has 4 aromatic carbocycles. The lowest BCUT2D eigenvalue weighted by atomic mass is 10.3. The van der Waals surface area contributed by atoms with Crippen LogP contribution in [0, 0.1) is 0 Å². The molecule has 3 saturated heterocycles. The van der Waals surface area contributed by atoms with Crippen molar-refractivity contribution in [2.75, 3.05) is 79.3 Å². The van der Waals surface area contributed by atoms with Gasteiger partial charge in [0.2, 0.25) is 0 Å². The predicted molar refractivity (Wildman–Crippen MR) is 218 cm³/mol. The van der Waals surface area contributed by atoms with E-state index in [0.717, 1.165) is 56.9 Å². The largest absolute Gasteiger partial charge is 0.508 e. The number of ether oxygens (including phenoxy) is 6. The molecule has 10 nitrogen and oxygen atoms in total. The molecule has 0 saturated carbocycles. The zero-order valence-electron chi connectivity index (χ0n) is 26.3. The molecule has 3 fully saturated rings. The van der Waals surface area contributed by atoms with Gasteiger partial charge in [-0.25, -0.2) is 0 Å². The molecule has 0 atom stereocenters. The van der Waals surface area contributed by atoms with Gasteiger partial charge in [0, 0.05) is 0 Å². The fraction of sp³-hybridized carbons (Fsp3) is 0.429. The van der Waals surface area contributed by atoms with Crippen molar-refractivity contribution in [3.63, 3.8) is 0 Å². The maximum atomic E-state index is 8.63. The van der Waals surface area contributed by atoms with Gasteiger partial charge in [0.15, 0.2) is 0 Å². The van der Waals surface area contributed by atoms with Crippen molar-refractivity contribution in [3.05, 3.63) is 121 Å². The van der Waals surface area contributed by atoms with Crippen molar-refractivity contribution >= 4 is 0 Å². The zero-order valence-corrected chi connectivity index (χ0v) is 26.3. The van der Waals surface area contributed by atoms with E-state index < -0.39 is 0 Å². The van der Waals surface area contributed by atoms with Crippen LogP contribution in [0.1, 0.15) is 44.6 Å². The Morgan fingerprint density at radius 3 is 0.692 bits per heavy atom. The molecule has 7 rings (SSSR count). The number of hydrogen-bond donors (Lipinski definition) is 4. The SMILES string of the molecule is C.C.C.C.C.C.C1CO1.C1CO1.C1CO1.OCCOc1ccccc1.OCCOc1ccccc1.OCCOc1ccccc1.Oc1ccccc1. The standard InChI is InChI=1S/3C8H10O2.C6H6O.3C2H4O.6CH4/c3*9-6-7-10-8-4-2-1-3-5-8;7-6-4-2-1-3-5-6;3*1-2-3-1;;;;;;/h3*1-5,9H,6-7H2;1-5,7H;3*1-2H2;6*1H4. The van der Waals surface area contributed by atoms with Gasteiger partial charge in [-0.2, -0.15) is 0 Å². The maximum Gasteiger partial charge on any atom is 0.119 e. The van der Waals surface area contributed by atoms with E-state index in [9.17, 15) is 0 Å². The first-order valence-electron chi connectivity index (χ1n) is 15.0. The molecule has 0 radical (unpaired) electrons. The number of hydrogen-bond acceptors (Lipinski definition) is 10. The minimum atomic E-state index is 0. The first-order chi connectivity index (χ1) is 22.7. The summed E-state index contributed by atoms with van der Waals surface area (Å²) in [5.74, 6) is 2.73. The summed E-state index contributed by atoms with van der Waals surface area (Å²) < 4.78 is 28.8. The van der Waals surface area contributed by atoms with E-state index in [-0.39, 0.29) is 64.4 Å². The average Bonchev–Trinajstić information content (AvgIpc) is 3.94. The topological polar surface area (TPSA) is 146 Å². The molecule has 0 unspecified atom stereocenters. The lowest BCUT2D eigenvalue weighted by molar-refractivity contribution is 0.201. The van der Waals surface area contributed by atoms with Crippen LogP contribution in [0.3, 0.4) is 0 Å². The number of aromatic hydroxyl groups is 1. The van der Waals surface area contributed by atoms with Gasteiger partial charge in [-0.15, -0.1) is 0 Å². The second-order valence-corrected chi connectivity index (χ2v) is 8.83. The van der Waals surface area contributed by atoms with Gasteiger partial charge in [-0.05, 0) is 48.5 Å². The van der Waals surface area contributed by atoms with E-state index >= 15 is 0 Å². The van der Waals surface area contributed by atoms with E-state index in [2.05, 4.69) is 14.2 Å². The van der Waals surface area contributed by atoms with Crippen LogP contribution in [-0.4, -0.2) is 99.7 Å². The number of rotatable bonds is 9. The van der Waals surface area contributed by atoms with Crippen molar-refractivity contribution in [2.24, 2.45) is 0 Å². The Morgan fingerprint density at radius 2 is 0.558 bits per heavy atom. The van der Waals surface area contributed by atoms with Crippen LogP contribution in [0.4, 0.5) is 0 Å². The number of benzene rings is 4. The van der Waals surface area contributed by atoms with Crippen molar-refractivity contribution in [1.82, 2.24) is 0 Å². The van der Waals surface area contributed by atoms with Crippen LogP contribution in [0.2, 0.25) is 0 Å². The Bertz CT molecular complexity index is 1010. The number of epoxide rings is 3.